The van der Waals surface area contributed by atoms with Crippen LogP contribution in [-0.4, -0.2) is 19.3 Å². The van der Waals surface area contributed by atoms with Crippen molar-refractivity contribution in [1.29, 1.82) is 0 Å². The number of nitrogens with one attached hydrogen (secondary N) is 1. The van der Waals surface area contributed by atoms with Crippen molar-refractivity contribution in [2.75, 3.05) is 19.3 Å². The number of hydrogen-bond acceptors (Lipinski definition) is 3. The Kier molecular flexibility index (Phi) is 6.76. The smallest absolute Gasteiger partial charge is 0.0338 e. The first-order valence-corrected chi connectivity index (χ1v) is 7.71. The maximum absolute atomic E-state index is 6.40. The molecule has 0 aliphatic rings. The van der Waals surface area contributed by atoms with E-state index in [4.69, 9.17) is 5.73 Å². The van der Waals surface area contributed by atoms with Gasteiger partial charge in [-0.2, -0.15) is 0 Å². The van der Waals surface area contributed by atoms with Crippen molar-refractivity contribution in [1.82, 2.24) is 5.32 Å². The Balaban J connectivity index is 2.77. The minimum atomic E-state index is 0.109. The maximum Gasteiger partial charge on any atom is 0.0338 e. The summed E-state index contributed by atoms with van der Waals surface area (Å²) >= 11 is 1.87. The summed E-state index contributed by atoms with van der Waals surface area (Å²) in [7, 11) is 1.99. The summed E-state index contributed by atoms with van der Waals surface area (Å²) in [5.74, 6) is 2.16. The molecule has 0 amide bonds. The van der Waals surface area contributed by atoms with Crippen LogP contribution >= 0.6 is 11.8 Å². The lowest BCUT2D eigenvalue weighted by molar-refractivity contribution is 0.314. The molecule has 0 bridgehead atoms. The van der Waals surface area contributed by atoms with Crippen LogP contribution in [0.2, 0.25) is 0 Å². The molecule has 0 saturated carbocycles. The molecular weight excluding hydrogens is 240 g/mol. The van der Waals surface area contributed by atoms with Crippen LogP contribution < -0.4 is 11.1 Å². The Morgan fingerprint density at radius 2 is 1.83 bits per heavy atom. The summed E-state index contributed by atoms with van der Waals surface area (Å²) < 4.78 is 0. The highest BCUT2D eigenvalue weighted by molar-refractivity contribution is 7.99. The van der Waals surface area contributed by atoms with E-state index in [-0.39, 0.29) is 6.04 Å². The van der Waals surface area contributed by atoms with Crippen molar-refractivity contribution >= 4 is 11.8 Å². The fourth-order valence-electron chi connectivity index (χ4n) is 2.21. The van der Waals surface area contributed by atoms with Crippen LogP contribution in [0.5, 0.6) is 0 Å². The summed E-state index contributed by atoms with van der Waals surface area (Å²) in [6.07, 6.45) is 0. The topological polar surface area (TPSA) is 38.0 Å². The zero-order valence-electron chi connectivity index (χ0n) is 11.9. The van der Waals surface area contributed by atoms with E-state index >= 15 is 0 Å². The van der Waals surface area contributed by atoms with Crippen LogP contribution in [0.3, 0.4) is 0 Å². The van der Waals surface area contributed by atoms with Gasteiger partial charge < -0.3 is 11.1 Å². The summed E-state index contributed by atoms with van der Waals surface area (Å²) in [6, 6.07) is 8.82. The SMILES string of the molecule is CCSc1ccc(C(N)C(CNC)C(C)C)cc1. The van der Waals surface area contributed by atoms with Gasteiger partial charge in [0.1, 0.15) is 0 Å². The van der Waals surface area contributed by atoms with Gasteiger partial charge >= 0.3 is 0 Å². The molecule has 1 rings (SSSR count). The number of thioether (sulfide) groups is 1. The number of nitrogens with two attached hydrogens (primary N) is 1. The van der Waals surface area contributed by atoms with E-state index in [9.17, 15) is 0 Å². The lowest BCUT2D eigenvalue weighted by atomic mass is 9.85. The van der Waals surface area contributed by atoms with Gasteiger partial charge in [-0.05, 0) is 48.9 Å². The van der Waals surface area contributed by atoms with Gasteiger partial charge in [-0.15, -0.1) is 11.8 Å². The Morgan fingerprint density at radius 3 is 2.28 bits per heavy atom. The average Bonchev–Trinajstić information content (AvgIpc) is 2.36. The molecule has 1 aromatic carbocycles. The van der Waals surface area contributed by atoms with Crippen LogP contribution in [0.25, 0.3) is 0 Å². The molecule has 102 valence electrons. The monoisotopic (exact) mass is 266 g/mol. The normalized spacial score (nSPS) is 14.8. The standard InChI is InChI=1S/C15H26N2S/c1-5-18-13-8-6-12(7-9-13)15(16)14(10-17-4)11(2)3/h6-9,11,14-15,17H,5,10,16H2,1-4H3. The van der Waals surface area contributed by atoms with Crippen molar-refractivity contribution in [2.24, 2.45) is 17.6 Å². The third-order valence-corrected chi connectivity index (χ3v) is 4.23. The first-order valence-electron chi connectivity index (χ1n) is 6.73. The van der Waals surface area contributed by atoms with Gasteiger partial charge in [0.2, 0.25) is 0 Å². The van der Waals surface area contributed by atoms with Gasteiger partial charge in [0.25, 0.3) is 0 Å². The number of rotatable bonds is 7. The Hall–Kier alpha value is -0.510. The molecule has 3 N–H and O–H groups in total. The molecule has 0 aromatic heterocycles. The molecule has 0 heterocycles. The quantitative estimate of drug-likeness (QED) is 0.744. The summed E-state index contributed by atoms with van der Waals surface area (Å²) in [4.78, 5) is 1.32. The molecule has 2 unspecified atom stereocenters. The van der Waals surface area contributed by atoms with Gasteiger partial charge in [-0.1, -0.05) is 32.9 Å². The zero-order chi connectivity index (χ0) is 13.5. The fourth-order valence-corrected chi connectivity index (χ4v) is 2.88. The minimum Gasteiger partial charge on any atom is -0.324 e. The Morgan fingerprint density at radius 1 is 1.22 bits per heavy atom. The molecule has 0 aliphatic heterocycles. The van der Waals surface area contributed by atoms with Crippen molar-refractivity contribution in [3.63, 3.8) is 0 Å². The van der Waals surface area contributed by atoms with Gasteiger partial charge in [0.15, 0.2) is 0 Å². The molecule has 0 radical (unpaired) electrons. The first kappa shape index (κ1) is 15.5. The van der Waals surface area contributed by atoms with Crippen molar-refractivity contribution in [3.8, 4) is 0 Å². The van der Waals surface area contributed by atoms with E-state index in [1.54, 1.807) is 0 Å². The van der Waals surface area contributed by atoms with Crippen LogP contribution in [0, 0.1) is 11.8 Å². The maximum atomic E-state index is 6.40. The fraction of sp³-hybridized carbons (Fsp3) is 0.600. The van der Waals surface area contributed by atoms with E-state index in [1.807, 2.05) is 18.8 Å². The average molecular weight is 266 g/mol. The van der Waals surface area contributed by atoms with Crippen molar-refractivity contribution < 1.29 is 0 Å². The lowest BCUT2D eigenvalue weighted by Gasteiger charge is -2.27. The van der Waals surface area contributed by atoms with Gasteiger partial charge in [-0.25, -0.2) is 0 Å². The minimum absolute atomic E-state index is 0.109. The summed E-state index contributed by atoms with van der Waals surface area (Å²) in [6.45, 7) is 7.61. The van der Waals surface area contributed by atoms with Crippen LogP contribution in [-0.2, 0) is 0 Å². The van der Waals surface area contributed by atoms with E-state index in [0.29, 0.717) is 11.8 Å². The Bertz CT molecular complexity index is 335. The number of benzene rings is 1. The second kappa shape index (κ2) is 7.82. The van der Waals surface area contributed by atoms with E-state index in [2.05, 4.69) is 50.4 Å². The first-order chi connectivity index (χ1) is 8.60. The molecule has 0 aliphatic carbocycles. The van der Waals surface area contributed by atoms with Crippen LogP contribution in [0.4, 0.5) is 0 Å². The summed E-state index contributed by atoms with van der Waals surface area (Å²) in [5, 5.41) is 3.25. The summed E-state index contributed by atoms with van der Waals surface area (Å²) in [5.41, 5.74) is 7.64. The van der Waals surface area contributed by atoms with Crippen LogP contribution in [0.1, 0.15) is 32.4 Å². The molecule has 1 aromatic rings. The van der Waals surface area contributed by atoms with E-state index in [1.165, 1.54) is 10.5 Å². The van der Waals surface area contributed by atoms with Gasteiger partial charge in [-0.3, -0.25) is 0 Å². The Labute approximate surface area is 116 Å². The predicted octanol–water partition coefficient (Wildman–Crippen LogP) is 3.29. The molecular formula is C15H26N2S. The van der Waals surface area contributed by atoms with Crippen molar-refractivity contribution in [3.05, 3.63) is 29.8 Å². The lowest BCUT2D eigenvalue weighted by Crippen LogP contribution is -2.33. The molecule has 2 nitrogen and oxygen atoms in total. The highest BCUT2D eigenvalue weighted by atomic mass is 32.2. The van der Waals surface area contributed by atoms with Crippen LogP contribution in [0.15, 0.2) is 29.2 Å². The third kappa shape index (κ3) is 4.30. The van der Waals surface area contributed by atoms with E-state index in [0.717, 1.165) is 12.3 Å². The second-order valence-corrected chi connectivity index (χ2v) is 6.33. The second-order valence-electron chi connectivity index (χ2n) is 4.99. The predicted molar refractivity (Wildman–Crippen MR) is 82.0 cm³/mol. The molecule has 18 heavy (non-hydrogen) atoms. The molecule has 0 saturated heterocycles. The molecule has 2 atom stereocenters. The molecule has 0 fully saturated rings. The highest BCUT2D eigenvalue weighted by Gasteiger charge is 2.21. The third-order valence-electron chi connectivity index (χ3n) is 3.33. The van der Waals surface area contributed by atoms with Gasteiger partial charge in [0.05, 0.1) is 0 Å². The van der Waals surface area contributed by atoms with E-state index < -0.39 is 0 Å². The zero-order valence-corrected chi connectivity index (χ0v) is 12.8. The number of hydrogen-bond donors (Lipinski definition) is 2. The largest absolute Gasteiger partial charge is 0.324 e. The van der Waals surface area contributed by atoms with Crippen molar-refractivity contribution in [2.45, 2.75) is 31.7 Å². The highest BCUT2D eigenvalue weighted by Crippen LogP contribution is 2.27. The molecule has 3 heteroatoms. The molecule has 0 spiro atoms. The van der Waals surface area contributed by atoms with Gasteiger partial charge in [0, 0.05) is 10.9 Å².